The first-order chi connectivity index (χ1) is 7.95. The summed E-state index contributed by atoms with van der Waals surface area (Å²) in [5.74, 6) is 0.720. The Morgan fingerprint density at radius 1 is 0.882 bits per heavy atom. The van der Waals surface area contributed by atoms with Crippen molar-refractivity contribution in [3.05, 3.63) is 0 Å². The van der Waals surface area contributed by atoms with Crippen molar-refractivity contribution in [1.82, 2.24) is 5.32 Å². The average molecular weight is 241 g/mol. The molecule has 3 heteroatoms. The quantitative estimate of drug-likeness (QED) is 0.631. The lowest BCUT2D eigenvalue weighted by Gasteiger charge is -2.07. The first kappa shape index (κ1) is 16.1. The Morgan fingerprint density at radius 2 is 1.47 bits per heavy atom. The molecule has 1 N–H and O–H groups in total. The minimum Gasteiger partial charge on any atom is -0.356 e. The van der Waals surface area contributed by atoms with E-state index in [0.29, 0.717) is 12.2 Å². The lowest BCUT2D eigenvalue weighted by molar-refractivity contribution is -0.124. The average Bonchev–Trinajstić information content (AvgIpc) is 2.26. The molecule has 17 heavy (non-hydrogen) atoms. The lowest BCUT2D eigenvalue weighted by Crippen LogP contribution is -2.28. The van der Waals surface area contributed by atoms with E-state index in [9.17, 15) is 9.59 Å². The van der Waals surface area contributed by atoms with Gasteiger partial charge in [-0.2, -0.15) is 0 Å². The van der Waals surface area contributed by atoms with E-state index >= 15 is 0 Å². The van der Waals surface area contributed by atoms with Gasteiger partial charge in [0.15, 0.2) is 0 Å². The van der Waals surface area contributed by atoms with Crippen molar-refractivity contribution in [1.29, 1.82) is 0 Å². The molecule has 0 unspecified atom stereocenters. The molecule has 0 saturated heterocycles. The van der Waals surface area contributed by atoms with Gasteiger partial charge in [0, 0.05) is 24.8 Å². The van der Waals surface area contributed by atoms with E-state index in [1.807, 2.05) is 27.7 Å². The second kappa shape index (κ2) is 9.20. The summed E-state index contributed by atoms with van der Waals surface area (Å²) in [5.41, 5.74) is 0. The third-order valence-corrected chi connectivity index (χ3v) is 2.82. The van der Waals surface area contributed by atoms with Gasteiger partial charge in [-0.3, -0.25) is 9.59 Å². The second-order valence-corrected chi connectivity index (χ2v) is 5.23. The van der Waals surface area contributed by atoms with Gasteiger partial charge in [0.1, 0.15) is 5.78 Å². The van der Waals surface area contributed by atoms with Crippen molar-refractivity contribution in [2.75, 3.05) is 6.54 Å². The maximum absolute atomic E-state index is 11.3. The Labute approximate surface area is 105 Å². The maximum Gasteiger partial charge on any atom is 0.222 e. The van der Waals surface area contributed by atoms with Crippen molar-refractivity contribution in [3.63, 3.8) is 0 Å². The number of nitrogens with one attached hydrogen (secondary N) is 1. The molecule has 0 rings (SSSR count). The molecule has 0 bridgehead atoms. The standard InChI is InChI=1S/C14H27NO2/c1-11(2)13(16)9-7-5-6-8-10-15-14(17)12(3)4/h11-12H,5-10H2,1-4H3,(H,15,17). The highest BCUT2D eigenvalue weighted by molar-refractivity contribution is 5.80. The van der Waals surface area contributed by atoms with Crippen LogP contribution in [0.1, 0.15) is 59.8 Å². The topological polar surface area (TPSA) is 46.2 Å². The predicted molar refractivity (Wildman–Crippen MR) is 70.8 cm³/mol. The highest BCUT2D eigenvalue weighted by atomic mass is 16.1. The Hall–Kier alpha value is -0.860. The summed E-state index contributed by atoms with van der Waals surface area (Å²) in [6.45, 7) is 8.45. The third-order valence-electron chi connectivity index (χ3n) is 2.82. The van der Waals surface area contributed by atoms with Crippen LogP contribution in [-0.4, -0.2) is 18.2 Å². The number of unbranched alkanes of at least 4 members (excludes halogenated alkanes) is 3. The van der Waals surface area contributed by atoms with Crippen molar-refractivity contribution in [2.24, 2.45) is 11.8 Å². The number of Topliss-reactive ketones (excluding diaryl/α,β-unsaturated/α-hetero) is 1. The van der Waals surface area contributed by atoms with E-state index in [-0.39, 0.29) is 17.7 Å². The van der Waals surface area contributed by atoms with Crippen LogP contribution < -0.4 is 5.32 Å². The number of carbonyl (C=O) groups excluding carboxylic acids is 2. The third kappa shape index (κ3) is 8.90. The number of carbonyl (C=O) groups is 2. The number of rotatable bonds is 9. The SMILES string of the molecule is CC(C)C(=O)CCCCCCNC(=O)C(C)C. The van der Waals surface area contributed by atoms with Crippen LogP contribution in [0.25, 0.3) is 0 Å². The summed E-state index contributed by atoms with van der Waals surface area (Å²) in [5, 5.41) is 2.89. The Morgan fingerprint density at radius 3 is 2.00 bits per heavy atom. The van der Waals surface area contributed by atoms with Crippen molar-refractivity contribution >= 4 is 11.7 Å². The van der Waals surface area contributed by atoms with E-state index in [4.69, 9.17) is 0 Å². The number of ketones is 1. The van der Waals surface area contributed by atoms with Crippen LogP contribution in [0.2, 0.25) is 0 Å². The van der Waals surface area contributed by atoms with Crippen molar-refractivity contribution in [2.45, 2.75) is 59.8 Å². The lowest BCUT2D eigenvalue weighted by atomic mass is 10.0. The Balaban J connectivity index is 3.30. The number of hydrogen-bond acceptors (Lipinski definition) is 2. The predicted octanol–water partition coefficient (Wildman–Crippen LogP) is 2.93. The summed E-state index contributed by atoms with van der Waals surface area (Å²) in [6.07, 6.45) is 4.86. The molecular weight excluding hydrogens is 214 g/mol. The molecule has 0 radical (unpaired) electrons. The van der Waals surface area contributed by atoms with Gasteiger partial charge in [-0.15, -0.1) is 0 Å². The van der Waals surface area contributed by atoms with Gasteiger partial charge in [-0.25, -0.2) is 0 Å². The zero-order valence-electron chi connectivity index (χ0n) is 11.7. The molecular formula is C14H27NO2. The molecule has 0 saturated carbocycles. The van der Waals surface area contributed by atoms with Gasteiger partial charge in [0.25, 0.3) is 0 Å². The van der Waals surface area contributed by atoms with Crippen LogP contribution in [-0.2, 0) is 9.59 Å². The molecule has 0 aromatic carbocycles. The van der Waals surface area contributed by atoms with E-state index < -0.39 is 0 Å². The van der Waals surface area contributed by atoms with Gasteiger partial charge >= 0.3 is 0 Å². The summed E-state index contributed by atoms with van der Waals surface area (Å²) >= 11 is 0. The van der Waals surface area contributed by atoms with Crippen LogP contribution in [0.5, 0.6) is 0 Å². The van der Waals surface area contributed by atoms with E-state index in [2.05, 4.69) is 5.32 Å². The molecule has 0 aliphatic carbocycles. The largest absolute Gasteiger partial charge is 0.356 e. The molecule has 0 aromatic heterocycles. The molecule has 0 aliphatic heterocycles. The molecule has 0 atom stereocenters. The fraction of sp³-hybridized carbons (Fsp3) is 0.857. The molecule has 1 amide bonds. The molecule has 0 spiro atoms. The highest BCUT2D eigenvalue weighted by Gasteiger charge is 2.06. The van der Waals surface area contributed by atoms with Gasteiger partial charge < -0.3 is 5.32 Å². The Kier molecular flexibility index (Phi) is 8.73. The van der Waals surface area contributed by atoms with E-state index in [1.54, 1.807) is 0 Å². The minimum absolute atomic E-state index is 0.0682. The molecule has 100 valence electrons. The van der Waals surface area contributed by atoms with Gasteiger partial charge in [0.2, 0.25) is 5.91 Å². The fourth-order valence-corrected chi connectivity index (χ4v) is 1.48. The monoisotopic (exact) mass is 241 g/mol. The van der Waals surface area contributed by atoms with Crippen LogP contribution in [0.3, 0.4) is 0 Å². The smallest absolute Gasteiger partial charge is 0.222 e. The van der Waals surface area contributed by atoms with Crippen LogP contribution >= 0.6 is 0 Å². The van der Waals surface area contributed by atoms with Gasteiger partial charge in [0.05, 0.1) is 0 Å². The normalized spacial score (nSPS) is 10.9. The van der Waals surface area contributed by atoms with Crippen molar-refractivity contribution < 1.29 is 9.59 Å². The summed E-state index contributed by atoms with van der Waals surface area (Å²) < 4.78 is 0. The van der Waals surface area contributed by atoms with Crippen molar-refractivity contribution in [3.8, 4) is 0 Å². The van der Waals surface area contributed by atoms with Crippen LogP contribution in [0, 0.1) is 11.8 Å². The molecule has 0 aliphatic rings. The summed E-state index contributed by atoms with van der Waals surface area (Å²) in [6, 6.07) is 0. The van der Waals surface area contributed by atoms with Gasteiger partial charge in [-0.1, -0.05) is 40.5 Å². The second-order valence-electron chi connectivity index (χ2n) is 5.23. The Bertz CT molecular complexity index is 210. The van der Waals surface area contributed by atoms with Crippen LogP contribution in [0.15, 0.2) is 0 Å². The number of hydrogen-bond donors (Lipinski definition) is 1. The number of amides is 1. The summed E-state index contributed by atoms with van der Waals surface area (Å²) in [4.78, 5) is 22.6. The molecule has 3 nitrogen and oxygen atoms in total. The first-order valence-electron chi connectivity index (χ1n) is 6.75. The minimum atomic E-state index is 0.0682. The summed E-state index contributed by atoms with van der Waals surface area (Å²) in [7, 11) is 0. The van der Waals surface area contributed by atoms with E-state index in [0.717, 1.165) is 32.2 Å². The molecule has 0 fully saturated rings. The maximum atomic E-state index is 11.3. The zero-order chi connectivity index (χ0) is 13.3. The molecule has 0 heterocycles. The van der Waals surface area contributed by atoms with E-state index in [1.165, 1.54) is 0 Å². The zero-order valence-corrected chi connectivity index (χ0v) is 11.7. The fourth-order valence-electron chi connectivity index (χ4n) is 1.48. The molecule has 0 aromatic rings. The van der Waals surface area contributed by atoms with Gasteiger partial charge in [-0.05, 0) is 12.8 Å². The van der Waals surface area contributed by atoms with Crippen LogP contribution in [0.4, 0.5) is 0 Å². The highest BCUT2D eigenvalue weighted by Crippen LogP contribution is 2.07. The first-order valence-corrected chi connectivity index (χ1v) is 6.75.